The Labute approximate surface area is 113 Å². The molecule has 0 amide bonds. The van der Waals surface area contributed by atoms with Crippen molar-refractivity contribution in [3.8, 4) is 5.69 Å². The van der Waals surface area contributed by atoms with Crippen LogP contribution in [0.3, 0.4) is 0 Å². The van der Waals surface area contributed by atoms with Crippen LogP contribution in [0.15, 0.2) is 42.7 Å². The first-order valence-electron chi connectivity index (χ1n) is 6.80. The smallest absolute Gasteiger partial charge is 0.0645 e. The van der Waals surface area contributed by atoms with Gasteiger partial charge < -0.3 is 10.6 Å². The van der Waals surface area contributed by atoms with Crippen LogP contribution in [0.2, 0.25) is 0 Å². The lowest BCUT2D eigenvalue weighted by Gasteiger charge is -2.24. The van der Waals surface area contributed by atoms with Gasteiger partial charge in [0.25, 0.3) is 0 Å². The third-order valence-corrected chi connectivity index (χ3v) is 3.74. The Morgan fingerprint density at radius 1 is 1.37 bits per heavy atom. The lowest BCUT2D eigenvalue weighted by atomic mass is 10.0. The summed E-state index contributed by atoms with van der Waals surface area (Å²) >= 11 is 0. The molecule has 1 aromatic heterocycles. The molecule has 0 aliphatic carbocycles. The molecule has 1 aliphatic heterocycles. The van der Waals surface area contributed by atoms with Gasteiger partial charge in [0.1, 0.15) is 0 Å². The first kappa shape index (κ1) is 12.4. The van der Waals surface area contributed by atoms with Crippen molar-refractivity contribution in [1.29, 1.82) is 0 Å². The lowest BCUT2D eigenvalue weighted by Crippen LogP contribution is -2.43. The molecule has 0 saturated carbocycles. The average Bonchev–Trinajstić information content (AvgIpc) is 3.07. The predicted octanol–water partition coefficient (Wildman–Crippen LogP) is 1.71. The van der Waals surface area contributed by atoms with E-state index in [0.717, 1.165) is 25.3 Å². The molecule has 1 aromatic carbocycles. The minimum absolute atomic E-state index is 0.217. The highest BCUT2D eigenvalue weighted by molar-refractivity contribution is 5.30. The molecule has 3 rings (SSSR count). The first-order valence-corrected chi connectivity index (χ1v) is 6.80. The molecule has 2 N–H and O–H groups in total. The highest BCUT2D eigenvalue weighted by Crippen LogP contribution is 2.14. The van der Waals surface area contributed by atoms with Gasteiger partial charge >= 0.3 is 0 Å². The van der Waals surface area contributed by atoms with Crippen molar-refractivity contribution in [2.24, 2.45) is 0 Å². The standard InChI is InChI=1S/C15H20N4/c1-15(7-8-16-12-15)17-9-13-10-18-19(11-13)14-5-3-2-4-6-14/h2-6,10-11,16-17H,7-9,12H2,1H3. The summed E-state index contributed by atoms with van der Waals surface area (Å²) < 4.78 is 1.92. The van der Waals surface area contributed by atoms with Crippen LogP contribution in [0.5, 0.6) is 0 Å². The Kier molecular flexibility index (Phi) is 3.36. The van der Waals surface area contributed by atoms with E-state index in [9.17, 15) is 0 Å². The monoisotopic (exact) mass is 256 g/mol. The summed E-state index contributed by atoms with van der Waals surface area (Å²) in [6.07, 6.45) is 5.21. The van der Waals surface area contributed by atoms with E-state index in [2.05, 4.69) is 41.0 Å². The van der Waals surface area contributed by atoms with Crippen LogP contribution < -0.4 is 10.6 Å². The van der Waals surface area contributed by atoms with Gasteiger partial charge in [-0.1, -0.05) is 18.2 Å². The van der Waals surface area contributed by atoms with Crippen LogP contribution in [-0.4, -0.2) is 28.4 Å². The van der Waals surface area contributed by atoms with Gasteiger partial charge in [0.05, 0.1) is 11.9 Å². The number of para-hydroxylation sites is 1. The summed E-state index contributed by atoms with van der Waals surface area (Å²) in [4.78, 5) is 0. The molecular weight excluding hydrogens is 236 g/mol. The summed E-state index contributed by atoms with van der Waals surface area (Å²) in [5, 5.41) is 11.4. The van der Waals surface area contributed by atoms with E-state index in [-0.39, 0.29) is 5.54 Å². The van der Waals surface area contributed by atoms with E-state index in [4.69, 9.17) is 0 Å². The third kappa shape index (κ3) is 2.85. The number of nitrogens with one attached hydrogen (secondary N) is 2. The molecule has 1 fully saturated rings. The predicted molar refractivity (Wildman–Crippen MR) is 76.3 cm³/mol. The zero-order valence-corrected chi connectivity index (χ0v) is 11.3. The largest absolute Gasteiger partial charge is 0.315 e. The molecule has 4 nitrogen and oxygen atoms in total. The fraction of sp³-hybridized carbons (Fsp3) is 0.400. The minimum Gasteiger partial charge on any atom is -0.315 e. The summed E-state index contributed by atoms with van der Waals surface area (Å²) in [6, 6.07) is 10.2. The molecule has 1 saturated heterocycles. The second kappa shape index (κ2) is 5.15. The van der Waals surface area contributed by atoms with Crippen LogP contribution in [0.4, 0.5) is 0 Å². The molecule has 2 heterocycles. The highest BCUT2D eigenvalue weighted by atomic mass is 15.3. The van der Waals surface area contributed by atoms with Crippen LogP contribution in [0, 0.1) is 0 Å². The van der Waals surface area contributed by atoms with Gasteiger partial charge in [0.2, 0.25) is 0 Å². The van der Waals surface area contributed by atoms with Gasteiger partial charge in [-0.3, -0.25) is 0 Å². The summed E-state index contributed by atoms with van der Waals surface area (Å²) in [7, 11) is 0. The molecular formula is C15H20N4. The molecule has 19 heavy (non-hydrogen) atoms. The Hall–Kier alpha value is -1.65. The van der Waals surface area contributed by atoms with E-state index in [1.54, 1.807) is 0 Å². The maximum Gasteiger partial charge on any atom is 0.0645 e. The summed E-state index contributed by atoms with van der Waals surface area (Å²) in [5.74, 6) is 0. The SMILES string of the molecule is CC1(NCc2cnn(-c3ccccc3)c2)CCNC1. The van der Waals surface area contributed by atoms with Crippen molar-refractivity contribution in [1.82, 2.24) is 20.4 Å². The average molecular weight is 256 g/mol. The second-order valence-corrected chi connectivity index (χ2v) is 5.47. The Morgan fingerprint density at radius 3 is 2.95 bits per heavy atom. The van der Waals surface area contributed by atoms with Crippen molar-refractivity contribution >= 4 is 0 Å². The van der Waals surface area contributed by atoms with Gasteiger partial charge in [-0.2, -0.15) is 5.10 Å². The van der Waals surface area contributed by atoms with Crippen molar-refractivity contribution in [3.63, 3.8) is 0 Å². The molecule has 2 aromatic rings. The Morgan fingerprint density at radius 2 is 2.21 bits per heavy atom. The van der Waals surface area contributed by atoms with E-state index < -0.39 is 0 Å². The number of rotatable bonds is 4. The fourth-order valence-electron chi connectivity index (χ4n) is 2.46. The maximum atomic E-state index is 4.42. The molecule has 100 valence electrons. The van der Waals surface area contributed by atoms with Gasteiger partial charge in [-0.25, -0.2) is 4.68 Å². The molecule has 0 radical (unpaired) electrons. The first-order chi connectivity index (χ1) is 9.25. The van der Waals surface area contributed by atoms with Crippen molar-refractivity contribution < 1.29 is 0 Å². The fourth-order valence-corrected chi connectivity index (χ4v) is 2.46. The third-order valence-electron chi connectivity index (χ3n) is 3.74. The number of hydrogen-bond acceptors (Lipinski definition) is 3. The lowest BCUT2D eigenvalue weighted by molar-refractivity contribution is 0.386. The van der Waals surface area contributed by atoms with Crippen molar-refractivity contribution in [2.75, 3.05) is 13.1 Å². The zero-order valence-electron chi connectivity index (χ0n) is 11.3. The normalized spacial score (nSPS) is 22.8. The quantitative estimate of drug-likeness (QED) is 0.875. The van der Waals surface area contributed by atoms with E-state index >= 15 is 0 Å². The Balaban J connectivity index is 1.65. The van der Waals surface area contributed by atoms with Crippen molar-refractivity contribution in [3.05, 3.63) is 48.3 Å². The summed E-state index contributed by atoms with van der Waals surface area (Å²) in [5.41, 5.74) is 2.54. The Bertz CT molecular complexity index is 526. The van der Waals surface area contributed by atoms with Crippen LogP contribution in [0.25, 0.3) is 5.69 Å². The molecule has 4 heteroatoms. The molecule has 1 unspecified atom stereocenters. The summed E-state index contributed by atoms with van der Waals surface area (Å²) in [6.45, 7) is 5.28. The highest BCUT2D eigenvalue weighted by Gasteiger charge is 2.27. The van der Waals surface area contributed by atoms with Crippen LogP contribution in [-0.2, 0) is 6.54 Å². The molecule has 0 bridgehead atoms. The topological polar surface area (TPSA) is 41.9 Å². The minimum atomic E-state index is 0.217. The number of aromatic nitrogens is 2. The van der Waals surface area contributed by atoms with Gasteiger partial charge in [-0.05, 0) is 32.0 Å². The molecule has 0 spiro atoms. The van der Waals surface area contributed by atoms with Gasteiger partial charge in [0.15, 0.2) is 0 Å². The zero-order chi connectivity index (χ0) is 13.1. The van der Waals surface area contributed by atoms with Crippen molar-refractivity contribution in [2.45, 2.75) is 25.4 Å². The van der Waals surface area contributed by atoms with E-state index in [1.165, 1.54) is 12.0 Å². The van der Waals surface area contributed by atoms with Crippen LogP contribution in [0.1, 0.15) is 18.9 Å². The number of nitrogens with zero attached hydrogens (tertiary/aromatic N) is 2. The van der Waals surface area contributed by atoms with E-state index in [0.29, 0.717) is 0 Å². The number of benzene rings is 1. The number of hydrogen-bond donors (Lipinski definition) is 2. The van der Waals surface area contributed by atoms with Crippen LogP contribution >= 0.6 is 0 Å². The maximum absolute atomic E-state index is 4.42. The van der Waals surface area contributed by atoms with E-state index in [1.807, 2.05) is 29.1 Å². The molecule has 1 atom stereocenters. The van der Waals surface area contributed by atoms with Gasteiger partial charge in [0, 0.05) is 30.4 Å². The van der Waals surface area contributed by atoms with Gasteiger partial charge in [-0.15, -0.1) is 0 Å². The molecule has 1 aliphatic rings. The second-order valence-electron chi connectivity index (χ2n) is 5.47.